The van der Waals surface area contributed by atoms with Crippen molar-refractivity contribution in [2.24, 2.45) is 0 Å². The number of ether oxygens (including phenoxy) is 1. The lowest BCUT2D eigenvalue weighted by molar-refractivity contribution is 0.195. The molecular weight excluding hydrogens is 236 g/mol. The summed E-state index contributed by atoms with van der Waals surface area (Å²) in [5.41, 5.74) is 2.54. The van der Waals surface area contributed by atoms with Gasteiger partial charge in [0.1, 0.15) is 12.4 Å². The van der Waals surface area contributed by atoms with Crippen molar-refractivity contribution in [1.29, 1.82) is 0 Å². The van der Waals surface area contributed by atoms with E-state index >= 15 is 0 Å². The smallest absolute Gasteiger partial charge is 0.119 e. The Kier molecular flexibility index (Phi) is 5.23. The quantitative estimate of drug-likeness (QED) is 0.852. The lowest BCUT2D eigenvalue weighted by Crippen LogP contribution is -2.39. The Morgan fingerprint density at radius 2 is 2.00 bits per heavy atom. The average Bonchev–Trinajstić information content (AvgIpc) is 2.76. The summed E-state index contributed by atoms with van der Waals surface area (Å²) >= 11 is 0. The molecule has 2 rings (SSSR count). The summed E-state index contributed by atoms with van der Waals surface area (Å²) in [4.78, 5) is 2.54. The van der Waals surface area contributed by atoms with Gasteiger partial charge in [-0.05, 0) is 63.5 Å². The van der Waals surface area contributed by atoms with Gasteiger partial charge in [0.2, 0.25) is 0 Å². The summed E-state index contributed by atoms with van der Waals surface area (Å²) in [7, 11) is 2.03. The molecule has 1 aromatic rings. The Hall–Kier alpha value is -1.06. The molecule has 1 aliphatic rings. The second kappa shape index (κ2) is 6.92. The number of hydrogen-bond acceptors (Lipinski definition) is 3. The zero-order valence-corrected chi connectivity index (χ0v) is 12.4. The number of hydrogen-bond donors (Lipinski definition) is 1. The van der Waals surface area contributed by atoms with Gasteiger partial charge in [-0.1, -0.05) is 6.07 Å². The summed E-state index contributed by atoms with van der Waals surface area (Å²) in [5.74, 6) is 1.00. The standard InChI is InChI=1S/C16H26N2O/c1-13-9-14(2)11-16(10-13)19-8-7-18-6-4-5-15(18)12-17-3/h9-11,15,17H,4-8,12H2,1-3H3. The average molecular weight is 262 g/mol. The van der Waals surface area contributed by atoms with Crippen LogP contribution in [0.25, 0.3) is 0 Å². The lowest BCUT2D eigenvalue weighted by Gasteiger charge is -2.24. The molecule has 1 aliphatic heterocycles. The van der Waals surface area contributed by atoms with Crippen LogP contribution in [0.1, 0.15) is 24.0 Å². The minimum atomic E-state index is 0.688. The fourth-order valence-corrected chi connectivity index (χ4v) is 2.95. The van der Waals surface area contributed by atoms with Crippen LogP contribution in [0, 0.1) is 13.8 Å². The second-order valence-corrected chi connectivity index (χ2v) is 5.56. The monoisotopic (exact) mass is 262 g/mol. The molecule has 0 aromatic heterocycles. The first-order valence-corrected chi connectivity index (χ1v) is 7.29. The first-order chi connectivity index (χ1) is 9.19. The van der Waals surface area contributed by atoms with Crippen molar-refractivity contribution in [2.75, 3.05) is 33.3 Å². The fourth-order valence-electron chi connectivity index (χ4n) is 2.95. The van der Waals surface area contributed by atoms with E-state index in [1.807, 2.05) is 7.05 Å². The van der Waals surface area contributed by atoms with E-state index in [1.54, 1.807) is 0 Å². The van der Waals surface area contributed by atoms with E-state index in [0.29, 0.717) is 6.04 Å². The minimum Gasteiger partial charge on any atom is -0.492 e. The molecule has 0 spiro atoms. The number of nitrogens with one attached hydrogen (secondary N) is 1. The van der Waals surface area contributed by atoms with Crippen molar-refractivity contribution in [3.63, 3.8) is 0 Å². The molecule has 3 heteroatoms. The van der Waals surface area contributed by atoms with Gasteiger partial charge in [0, 0.05) is 19.1 Å². The highest BCUT2D eigenvalue weighted by Crippen LogP contribution is 2.18. The van der Waals surface area contributed by atoms with Gasteiger partial charge >= 0.3 is 0 Å². The van der Waals surface area contributed by atoms with Gasteiger partial charge in [0.25, 0.3) is 0 Å². The zero-order valence-electron chi connectivity index (χ0n) is 12.4. The normalized spacial score (nSPS) is 19.8. The molecule has 3 nitrogen and oxygen atoms in total. The molecule has 1 aromatic carbocycles. The van der Waals surface area contributed by atoms with Crippen molar-refractivity contribution in [3.05, 3.63) is 29.3 Å². The van der Waals surface area contributed by atoms with Crippen molar-refractivity contribution in [2.45, 2.75) is 32.7 Å². The summed E-state index contributed by atoms with van der Waals surface area (Å²) < 4.78 is 5.89. The maximum absolute atomic E-state index is 5.89. The van der Waals surface area contributed by atoms with Crippen LogP contribution in [0.15, 0.2) is 18.2 Å². The first-order valence-electron chi connectivity index (χ1n) is 7.29. The van der Waals surface area contributed by atoms with E-state index in [2.05, 4.69) is 42.3 Å². The van der Waals surface area contributed by atoms with Crippen LogP contribution < -0.4 is 10.1 Å². The zero-order chi connectivity index (χ0) is 13.7. The van der Waals surface area contributed by atoms with Gasteiger partial charge < -0.3 is 10.1 Å². The highest BCUT2D eigenvalue weighted by molar-refractivity contribution is 5.32. The highest BCUT2D eigenvalue weighted by Gasteiger charge is 2.23. The summed E-state index contributed by atoms with van der Waals surface area (Å²) in [6.07, 6.45) is 2.63. The van der Waals surface area contributed by atoms with Crippen LogP contribution in [-0.4, -0.2) is 44.2 Å². The third kappa shape index (κ3) is 4.22. The van der Waals surface area contributed by atoms with Crippen LogP contribution in [0.4, 0.5) is 0 Å². The SMILES string of the molecule is CNCC1CCCN1CCOc1cc(C)cc(C)c1. The number of nitrogens with zero attached hydrogens (tertiary/aromatic N) is 1. The summed E-state index contributed by atoms with van der Waals surface area (Å²) in [6.45, 7) is 8.33. The van der Waals surface area contributed by atoms with Gasteiger partial charge in [0.05, 0.1) is 0 Å². The van der Waals surface area contributed by atoms with Crippen LogP contribution in [0.5, 0.6) is 5.75 Å². The van der Waals surface area contributed by atoms with Crippen LogP contribution in [0.3, 0.4) is 0 Å². The summed E-state index contributed by atoms with van der Waals surface area (Å²) in [6, 6.07) is 7.09. The molecule has 106 valence electrons. The molecule has 1 unspecified atom stereocenters. The number of likely N-dealkylation sites (tertiary alicyclic amines) is 1. The Morgan fingerprint density at radius 3 is 2.68 bits per heavy atom. The summed E-state index contributed by atoms with van der Waals surface area (Å²) in [5, 5.41) is 3.28. The predicted octanol–water partition coefficient (Wildman–Crippen LogP) is 2.37. The molecule has 0 aliphatic carbocycles. The van der Waals surface area contributed by atoms with E-state index in [4.69, 9.17) is 4.74 Å². The third-order valence-corrected chi connectivity index (χ3v) is 3.78. The Balaban J connectivity index is 1.79. The van der Waals surface area contributed by atoms with E-state index in [-0.39, 0.29) is 0 Å². The predicted molar refractivity (Wildman–Crippen MR) is 79.9 cm³/mol. The molecule has 1 heterocycles. The van der Waals surface area contributed by atoms with Crippen LogP contribution in [0.2, 0.25) is 0 Å². The molecule has 1 N–H and O–H groups in total. The van der Waals surface area contributed by atoms with Crippen molar-refractivity contribution in [1.82, 2.24) is 10.2 Å². The molecule has 19 heavy (non-hydrogen) atoms. The molecule has 0 radical (unpaired) electrons. The second-order valence-electron chi connectivity index (χ2n) is 5.56. The molecule has 1 saturated heterocycles. The number of aryl methyl sites for hydroxylation is 2. The van der Waals surface area contributed by atoms with E-state index in [0.717, 1.165) is 25.4 Å². The molecule has 0 amide bonds. The van der Waals surface area contributed by atoms with Gasteiger partial charge in [-0.25, -0.2) is 0 Å². The van der Waals surface area contributed by atoms with E-state index in [9.17, 15) is 0 Å². The molecule has 0 bridgehead atoms. The third-order valence-electron chi connectivity index (χ3n) is 3.78. The van der Waals surface area contributed by atoms with Gasteiger partial charge in [0.15, 0.2) is 0 Å². The van der Waals surface area contributed by atoms with Gasteiger partial charge in [-0.15, -0.1) is 0 Å². The number of benzene rings is 1. The highest BCUT2D eigenvalue weighted by atomic mass is 16.5. The van der Waals surface area contributed by atoms with Crippen LogP contribution >= 0.6 is 0 Å². The topological polar surface area (TPSA) is 24.5 Å². The van der Waals surface area contributed by atoms with Crippen molar-refractivity contribution in [3.8, 4) is 5.75 Å². The number of rotatable bonds is 6. The van der Waals surface area contributed by atoms with Crippen LogP contribution in [-0.2, 0) is 0 Å². The maximum atomic E-state index is 5.89. The molecule has 0 saturated carbocycles. The molecular formula is C16H26N2O. The molecule has 1 atom stereocenters. The Bertz CT molecular complexity index is 385. The minimum absolute atomic E-state index is 0.688. The van der Waals surface area contributed by atoms with Crippen molar-refractivity contribution >= 4 is 0 Å². The van der Waals surface area contributed by atoms with Gasteiger partial charge in [-0.3, -0.25) is 4.90 Å². The fraction of sp³-hybridized carbons (Fsp3) is 0.625. The lowest BCUT2D eigenvalue weighted by atomic mass is 10.1. The Labute approximate surface area is 116 Å². The van der Waals surface area contributed by atoms with E-state index < -0.39 is 0 Å². The number of likely N-dealkylation sites (N-methyl/N-ethyl adjacent to an activating group) is 1. The van der Waals surface area contributed by atoms with Crippen molar-refractivity contribution < 1.29 is 4.74 Å². The largest absolute Gasteiger partial charge is 0.492 e. The molecule has 1 fully saturated rings. The van der Waals surface area contributed by atoms with Gasteiger partial charge in [-0.2, -0.15) is 0 Å². The first kappa shape index (κ1) is 14.4. The van der Waals surface area contributed by atoms with E-state index in [1.165, 1.54) is 30.5 Å². The maximum Gasteiger partial charge on any atom is 0.119 e. The Morgan fingerprint density at radius 1 is 1.26 bits per heavy atom.